The molecular formula is C62H108NO8P. The Kier molecular flexibility index (Phi) is 54.8. The van der Waals surface area contributed by atoms with E-state index in [1.54, 1.807) is 0 Å². The fourth-order valence-electron chi connectivity index (χ4n) is 7.95. The van der Waals surface area contributed by atoms with Gasteiger partial charge in [-0.2, -0.15) is 0 Å². The number of hydrogen-bond donors (Lipinski definition) is 2. The van der Waals surface area contributed by atoms with Crippen molar-refractivity contribution in [1.82, 2.24) is 0 Å². The minimum atomic E-state index is -4.41. The number of nitrogens with two attached hydrogens (primary N) is 1. The van der Waals surface area contributed by atoms with E-state index < -0.39 is 32.5 Å². The predicted octanol–water partition coefficient (Wildman–Crippen LogP) is 18.5. The van der Waals surface area contributed by atoms with Gasteiger partial charge < -0.3 is 20.1 Å². The second-order valence-corrected chi connectivity index (χ2v) is 20.6. The van der Waals surface area contributed by atoms with Crippen LogP contribution in [0.15, 0.2) is 97.2 Å². The number of rotatable bonds is 54. The fraction of sp³-hybridized carbons (Fsp3) is 0.710. The third kappa shape index (κ3) is 56.2. The van der Waals surface area contributed by atoms with Crippen molar-refractivity contribution in [3.63, 3.8) is 0 Å². The largest absolute Gasteiger partial charge is 0.472 e. The zero-order valence-corrected chi connectivity index (χ0v) is 47.0. The third-order valence-electron chi connectivity index (χ3n) is 12.2. The summed E-state index contributed by atoms with van der Waals surface area (Å²) in [6.45, 7) is 3.60. The second kappa shape index (κ2) is 57.2. The molecule has 0 fully saturated rings. The average Bonchev–Trinajstić information content (AvgIpc) is 3.37. The van der Waals surface area contributed by atoms with E-state index in [2.05, 4.69) is 111 Å². The highest BCUT2D eigenvalue weighted by molar-refractivity contribution is 7.47. The number of phosphoric ester groups is 1. The second-order valence-electron chi connectivity index (χ2n) is 19.1. The van der Waals surface area contributed by atoms with Crippen LogP contribution in [0.4, 0.5) is 0 Å². The topological polar surface area (TPSA) is 134 Å². The first kappa shape index (κ1) is 68.9. The van der Waals surface area contributed by atoms with Gasteiger partial charge in [-0.1, -0.05) is 259 Å². The van der Waals surface area contributed by atoms with Gasteiger partial charge in [0, 0.05) is 19.4 Å². The number of hydrogen-bond acceptors (Lipinski definition) is 8. The van der Waals surface area contributed by atoms with Crippen LogP contribution in [0, 0.1) is 0 Å². The lowest BCUT2D eigenvalue weighted by molar-refractivity contribution is -0.161. The van der Waals surface area contributed by atoms with Gasteiger partial charge in [-0.25, -0.2) is 4.57 Å². The molecule has 0 aliphatic carbocycles. The normalized spacial score (nSPS) is 13.8. The molecule has 0 aliphatic rings. The molecule has 10 heteroatoms. The zero-order chi connectivity index (χ0) is 52.4. The van der Waals surface area contributed by atoms with Crippen LogP contribution in [0.2, 0.25) is 0 Å². The van der Waals surface area contributed by atoms with E-state index in [9.17, 15) is 19.0 Å². The molecule has 2 atom stereocenters. The molecule has 72 heavy (non-hydrogen) atoms. The molecule has 2 unspecified atom stereocenters. The van der Waals surface area contributed by atoms with Crippen LogP contribution >= 0.6 is 7.82 Å². The summed E-state index contributed by atoms with van der Waals surface area (Å²) in [6.07, 6.45) is 76.1. The Labute approximate surface area is 442 Å². The summed E-state index contributed by atoms with van der Waals surface area (Å²) in [7, 11) is -4.41. The van der Waals surface area contributed by atoms with Gasteiger partial charge in [0.1, 0.15) is 6.61 Å². The molecule has 0 saturated carbocycles. The van der Waals surface area contributed by atoms with Crippen LogP contribution in [0.25, 0.3) is 0 Å². The number of esters is 2. The van der Waals surface area contributed by atoms with Crippen LogP contribution in [-0.4, -0.2) is 49.3 Å². The zero-order valence-electron chi connectivity index (χ0n) is 46.1. The highest BCUT2D eigenvalue weighted by atomic mass is 31.2. The first-order valence-electron chi connectivity index (χ1n) is 29.2. The molecule has 0 bridgehead atoms. The maximum absolute atomic E-state index is 12.7. The van der Waals surface area contributed by atoms with Crippen molar-refractivity contribution in [2.75, 3.05) is 26.4 Å². The standard InChI is InChI=1S/C62H108NO8P/c1-3-5-7-9-11-13-15-17-19-21-23-25-27-29-30-31-33-35-37-39-41-43-45-47-49-51-53-55-62(65)71-60(59-70-72(66,67)69-57-56-63)58-68-61(64)54-52-50-48-46-44-42-40-38-36-34-32-28-26-24-22-20-18-16-14-12-10-8-6-4-2/h5,7,11,13,17,19,23,25,29-30,33,35,39,41,45,47,60H,3-4,6,8-10,12,14-16,18,20-22,24,26-28,31-32,34,36-38,40,42-44,46,48-59,63H2,1-2H3,(H,66,67)/b7-5-,13-11-,19-17-,25-23-,30-29-,35-33-,41-39-,47-45-. The van der Waals surface area contributed by atoms with Crippen molar-refractivity contribution in [1.29, 1.82) is 0 Å². The number of allylic oxidation sites excluding steroid dienone is 16. The van der Waals surface area contributed by atoms with E-state index in [1.165, 1.54) is 135 Å². The smallest absolute Gasteiger partial charge is 0.462 e. The molecular weight excluding hydrogens is 918 g/mol. The van der Waals surface area contributed by atoms with Crippen LogP contribution < -0.4 is 5.73 Å². The van der Waals surface area contributed by atoms with Crippen LogP contribution in [0.3, 0.4) is 0 Å². The summed E-state index contributed by atoms with van der Waals surface area (Å²) < 4.78 is 33.0. The van der Waals surface area contributed by atoms with Crippen LogP contribution in [0.1, 0.15) is 251 Å². The first-order valence-corrected chi connectivity index (χ1v) is 30.7. The predicted molar refractivity (Wildman–Crippen MR) is 307 cm³/mol. The number of ether oxygens (including phenoxy) is 2. The van der Waals surface area contributed by atoms with Crippen molar-refractivity contribution in [2.24, 2.45) is 5.73 Å². The van der Waals surface area contributed by atoms with E-state index in [4.69, 9.17) is 24.3 Å². The average molecular weight is 1030 g/mol. The summed E-state index contributed by atoms with van der Waals surface area (Å²) in [4.78, 5) is 35.2. The lowest BCUT2D eigenvalue weighted by Gasteiger charge is -2.19. The molecule has 0 aromatic carbocycles. The van der Waals surface area contributed by atoms with Gasteiger partial charge in [0.25, 0.3) is 0 Å². The van der Waals surface area contributed by atoms with E-state index >= 15 is 0 Å². The molecule has 0 rings (SSSR count). The minimum Gasteiger partial charge on any atom is -0.462 e. The Morgan fingerprint density at radius 1 is 0.431 bits per heavy atom. The summed E-state index contributed by atoms with van der Waals surface area (Å²) in [5.41, 5.74) is 5.38. The van der Waals surface area contributed by atoms with Crippen molar-refractivity contribution in [3.8, 4) is 0 Å². The van der Waals surface area contributed by atoms with Gasteiger partial charge in [-0.15, -0.1) is 0 Å². The molecule has 0 spiro atoms. The molecule has 0 aromatic heterocycles. The Morgan fingerprint density at radius 2 is 0.764 bits per heavy atom. The van der Waals surface area contributed by atoms with Gasteiger partial charge in [0.2, 0.25) is 0 Å². The molecule has 9 nitrogen and oxygen atoms in total. The number of phosphoric acid groups is 1. The summed E-state index contributed by atoms with van der Waals surface area (Å²) in [5.74, 6) is -0.876. The van der Waals surface area contributed by atoms with E-state index in [0.717, 1.165) is 83.5 Å². The van der Waals surface area contributed by atoms with Crippen molar-refractivity contribution < 1.29 is 37.6 Å². The van der Waals surface area contributed by atoms with Gasteiger partial charge in [0.15, 0.2) is 6.10 Å². The van der Waals surface area contributed by atoms with Gasteiger partial charge in [0.05, 0.1) is 13.2 Å². The van der Waals surface area contributed by atoms with Crippen LogP contribution in [-0.2, 0) is 32.7 Å². The maximum Gasteiger partial charge on any atom is 0.472 e. The fourth-order valence-corrected chi connectivity index (χ4v) is 8.71. The molecule has 0 radical (unpaired) electrons. The summed E-state index contributed by atoms with van der Waals surface area (Å²) in [5, 5.41) is 0. The van der Waals surface area contributed by atoms with E-state index in [-0.39, 0.29) is 32.6 Å². The Balaban J connectivity index is 4.08. The third-order valence-corrected chi connectivity index (χ3v) is 13.2. The monoisotopic (exact) mass is 1030 g/mol. The number of carbonyl (C=O) groups excluding carboxylic acids is 2. The van der Waals surface area contributed by atoms with Crippen molar-refractivity contribution in [3.05, 3.63) is 97.2 Å². The molecule has 0 heterocycles. The highest BCUT2D eigenvalue weighted by Crippen LogP contribution is 2.43. The molecule has 0 aromatic rings. The Bertz CT molecular complexity index is 1500. The van der Waals surface area contributed by atoms with Gasteiger partial charge in [-0.05, 0) is 77.0 Å². The SMILES string of the molecule is CC/C=C\C/C=C\C/C=C\C/C=C\C/C=C\C/C=C\C/C=C\C/C=C\CCCCC(=O)OC(COC(=O)CCCCCCCCCCCCCCCCCCCCCCCCCC)COP(=O)(O)OCCN. The summed E-state index contributed by atoms with van der Waals surface area (Å²) in [6, 6.07) is 0. The van der Waals surface area contributed by atoms with Crippen LogP contribution in [0.5, 0.6) is 0 Å². The number of carbonyl (C=O) groups is 2. The van der Waals surface area contributed by atoms with Crippen molar-refractivity contribution >= 4 is 19.8 Å². The van der Waals surface area contributed by atoms with E-state index in [0.29, 0.717) is 6.42 Å². The molecule has 3 N–H and O–H groups in total. The Hall–Kier alpha value is -3.07. The lowest BCUT2D eigenvalue weighted by Crippen LogP contribution is -2.29. The van der Waals surface area contributed by atoms with Gasteiger partial charge >= 0.3 is 19.8 Å². The van der Waals surface area contributed by atoms with Crippen molar-refractivity contribution in [2.45, 2.75) is 258 Å². The lowest BCUT2D eigenvalue weighted by atomic mass is 10.0. The quantitative estimate of drug-likeness (QED) is 0.0264. The maximum atomic E-state index is 12.7. The molecule has 414 valence electrons. The summed E-state index contributed by atoms with van der Waals surface area (Å²) >= 11 is 0. The molecule has 0 aliphatic heterocycles. The Morgan fingerprint density at radius 3 is 1.14 bits per heavy atom. The number of unbranched alkanes of at least 4 members (excludes halogenated alkanes) is 25. The molecule has 0 amide bonds. The molecule has 0 saturated heterocycles. The highest BCUT2D eigenvalue weighted by Gasteiger charge is 2.26. The first-order chi connectivity index (χ1) is 35.3. The van der Waals surface area contributed by atoms with Gasteiger partial charge in [-0.3, -0.25) is 18.6 Å². The van der Waals surface area contributed by atoms with E-state index in [1.807, 2.05) is 0 Å². The minimum absolute atomic E-state index is 0.0422.